The fraction of sp³-hybridized carbons (Fsp3) is 0.321. The van der Waals surface area contributed by atoms with Crippen molar-refractivity contribution in [2.24, 2.45) is 0 Å². The molecule has 1 N–H and O–H groups in total. The van der Waals surface area contributed by atoms with Gasteiger partial charge >= 0.3 is 0 Å². The van der Waals surface area contributed by atoms with Gasteiger partial charge in [0.05, 0.1) is 10.9 Å². The van der Waals surface area contributed by atoms with Gasteiger partial charge in [-0.1, -0.05) is 54.6 Å². The van der Waals surface area contributed by atoms with Crippen molar-refractivity contribution in [1.82, 2.24) is 14.5 Å². The number of amides is 1. The Balaban J connectivity index is 1.15. The number of hydrogen-bond acceptors (Lipinski definition) is 4. The lowest BCUT2D eigenvalue weighted by Gasteiger charge is -2.34. The fourth-order valence-corrected chi connectivity index (χ4v) is 6.48. The van der Waals surface area contributed by atoms with Gasteiger partial charge in [0.2, 0.25) is 10.0 Å². The summed E-state index contributed by atoms with van der Waals surface area (Å²) in [5, 5.41) is 3.21. The highest BCUT2D eigenvalue weighted by Crippen LogP contribution is 2.29. The van der Waals surface area contributed by atoms with Gasteiger partial charge in [-0.05, 0) is 60.2 Å². The minimum atomic E-state index is -3.44. The van der Waals surface area contributed by atoms with Gasteiger partial charge in [-0.25, -0.2) is 8.42 Å². The first-order chi connectivity index (χ1) is 17.0. The van der Waals surface area contributed by atoms with E-state index < -0.39 is 10.0 Å². The quantitative estimate of drug-likeness (QED) is 0.568. The molecule has 1 fully saturated rings. The molecule has 182 valence electrons. The second-order valence-corrected chi connectivity index (χ2v) is 11.2. The maximum atomic E-state index is 12.9. The van der Waals surface area contributed by atoms with Crippen LogP contribution in [0.25, 0.3) is 0 Å². The number of aryl methyl sites for hydroxylation is 1. The molecule has 1 aliphatic heterocycles. The van der Waals surface area contributed by atoms with Crippen LogP contribution in [0.5, 0.6) is 0 Å². The first-order valence-electron chi connectivity index (χ1n) is 12.3. The van der Waals surface area contributed by atoms with Crippen molar-refractivity contribution in [2.75, 3.05) is 26.2 Å². The van der Waals surface area contributed by atoms with Crippen LogP contribution in [0.4, 0.5) is 0 Å². The largest absolute Gasteiger partial charge is 0.345 e. The second kappa shape index (κ2) is 10.3. The summed E-state index contributed by atoms with van der Waals surface area (Å²) in [6.45, 7) is 3.03. The number of nitrogens with zero attached hydrogens (tertiary/aromatic N) is 2. The predicted molar refractivity (Wildman–Crippen MR) is 137 cm³/mol. The second-order valence-electron chi connectivity index (χ2n) is 9.31. The van der Waals surface area contributed by atoms with Crippen LogP contribution < -0.4 is 5.32 Å². The Hall–Kier alpha value is -3.00. The average molecular weight is 490 g/mol. The highest BCUT2D eigenvalue weighted by Gasteiger charge is 2.28. The molecule has 1 heterocycles. The van der Waals surface area contributed by atoms with Crippen LogP contribution in [-0.2, 0) is 23.0 Å². The third-order valence-corrected chi connectivity index (χ3v) is 8.92. The summed E-state index contributed by atoms with van der Waals surface area (Å²) < 4.78 is 27.2. The number of rotatable bonds is 6. The molecule has 35 heavy (non-hydrogen) atoms. The average Bonchev–Trinajstić information content (AvgIpc) is 2.90. The Morgan fingerprint density at radius 1 is 0.857 bits per heavy atom. The van der Waals surface area contributed by atoms with Crippen LogP contribution in [0.2, 0.25) is 0 Å². The van der Waals surface area contributed by atoms with E-state index in [-0.39, 0.29) is 11.9 Å². The van der Waals surface area contributed by atoms with E-state index in [0.29, 0.717) is 36.6 Å². The number of benzene rings is 3. The number of fused-ring (bicyclic) bond motifs is 1. The molecule has 6 nitrogen and oxygen atoms in total. The molecule has 3 aromatic carbocycles. The van der Waals surface area contributed by atoms with Crippen molar-refractivity contribution in [2.45, 2.75) is 36.7 Å². The Morgan fingerprint density at radius 3 is 2.29 bits per heavy atom. The van der Waals surface area contributed by atoms with Crippen molar-refractivity contribution >= 4 is 15.9 Å². The lowest BCUT2D eigenvalue weighted by atomic mass is 9.87. The van der Waals surface area contributed by atoms with E-state index in [1.54, 1.807) is 28.6 Å². The number of piperazine rings is 1. The number of carbonyl (C=O) groups excluding carboxylic acids is 1. The van der Waals surface area contributed by atoms with E-state index in [0.717, 1.165) is 31.4 Å². The van der Waals surface area contributed by atoms with Crippen LogP contribution >= 0.6 is 0 Å². The van der Waals surface area contributed by atoms with Crippen molar-refractivity contribution in [3.63, 3.8) is 0 Å². The lowest BCUT2D eigenvalue weighted by molar-refractivity contribution is 0.0932. The minimum Gasteiger partial charge on any atom is -0.345 e. The normalized spacial score (nSPS) is 19.1. The molecule has 2 aliphatic rings. The molecule has 7 heteroatoms. The van der Waals surface area contributed by atoms with Crippen molar-refractivity contribution in [1.29, 1.82) is 0 Å². The number of nitrogens with one attached hydrogen (secondary N) is 1. The Bertz CT molecular complexity index is 1270. The number of hydrogen-bond donors (Lipinski definition) is 1. The summed E-state index contributed by atoms with van der Waals surface area (Å²) in [6, 6.07) is 24.8. The Labute approximate surface area is 207 Å². The van der Waals surface area contributed by atoms with Crippen molar-refractivity contribution < 1.29 is 13.2 Å². The summed E-state index contributed by atoms with van der Waals surface area (Å²) in [6.07, 6.45) is 3.12. The molecule has 0 saturated carbocycles. The van der Waals surface area contributed by atoms with Crippen LogP contribution in [0.3, 0.4) is 0 Å². The van der Waals surface area contributed by atoms with E-state index in [1.807, 2.05) is 36.4 Å². The predicted octanol–water partition coefficient (Wildman–Crippen LogP) is 4.00. The van der Waals surface area contributed by atoms with E-state index in [2.05, 4.69) is 28.4 Å². The third-order valence-electron chi connectivity index (χ3n) is 7.01. The van der Waals surface area contributed by atoms with Gasteiger partial charge in [-0.2, -0.15) is 4.31 Å². The molecule has 3 aromatic rings. The summed E-state index contributed by atoms with van der Waals surface area (Å²) in [5.41, 5.74) is 4.34. The molecule has 0 unspecified atom stereocenters. The molecule has 0 spiro atoms. The highest BCUT2D eigenvalue weighted by molar-refractivity contribution is 7.89. The summed E-state index contributed by atoms with van der Waals surface area (Å²) in [5.74, 6) is -0.0435. The molecule has 1 saturated heterocycles. The standard InChI is InChI=1S/C28H31N3O3S/c32-28(29-27-12-6-8-23-7-4-5-11-26(23)27)24-15-13-22(14-16-24)21-30-17-19-31(20-18-30)35(33,34)25-9-2-1-3-10-25/h1-5,7,9-11,13-16,27H,6,8,12,17-21H2,(H,29,32)/t27-/m0/s1. The van der Waals surface area contributed by atoms with Gasteiger partial charge < -0.3 is 5.32 Å². The van der Waals surface area contributed by atoms with Crippen molar-refractivity contribution in [3.8, 4) is 0 Å². The summed E-state index contributed by atoms with van der Waals surface area (Å²) >= 11 is 0. The highest BCUT2D eigenvalue weighted by atomic mass is 32.2. The van der Waals surface area contributed by atoms with E-state index in [9.17, 15) is 13.2 Å². The maximum Gasteiger partial charge on any atom is 0.251 e. The maximum absolute atomic E-state index is 12.9. The molecule has 1 aliphatic carbocycles. The first-order valence-corrected chi connectivity index (χ1v) is 13.7. The molecular weight excluding hydrogens is 458 g/mol. The van der Waals surface area contributed by atoms with Crippen molar-refractivity contribution in [3.05, 3.63) is 101 Å². The molecule has 0 radical (unpaired) electrons. The Morgan fingerprint density at radius 2 is 1.54 bits per heavy atom. The molecule has 1 atom stereocenters. The molecule has 1 amide bonds. The third kappa shape index (κ3) is 5.32. The minimum absolute atomic E-state index is 0.0435. The fourth-order valence-electron chi connectivity index (χ4n) is 5.03. The first kappa shape index (κ1) is 23.7. The van der Waals surface area contributed by atoms with Crippen LogP contribution in [0.15, 0.2) is 83.8 Å². The summed E-state index contributed by atoms with van der Waals surface area (Å²) in [4.78, 5) is 15.5. The van der Waals surface area contributed by atoms with Gasteiger partial charge in [0.25, 0.3) is 5.91 Å². The van der Waals surface area contributed by atoms with Gasteiger partial charge in [-0.15, -0.1) is 0 Å². The molecule has 0 aromatic heterocycles. The zero-order valence-corrected chi connectivity index (χ0v) is 20.6. The van der Waals surface area contributed by atoms with Crippen LogP contribution in [0.1, 0.15) is 45.9 Å². The van der Waals surface area contributed by atoms with Crippen LogP contribution in [-0.4, -0.2) is 49.7 Å². The summed E-state index contributed by atoms with van der Waals surface area (Å²) in [7, 11) is -3.44. The van der Waals surface area contributed by atoms with E-state index in [1.165, 1.54) is 11.1 Å². The zero-order valence-electron chi connectivity index (χ0n) is 19.8. The van der Waals surface area contributed by atoms with Gasteiger partial charge in [0.15, 0.2) is 0 Å². The zero-order chi connectivity index (χ0) is 24.3. The molecule has 0 bridgehead atoms. The SMILES string of the molecule is O=C(N[C@H]1CCCc2ccccc21)c1ccc(CN2CCN(S(=O)(=O)c3ccccc3)CC2)cc1. The molecule has 5 rings (SSSR count). The van der Waals surface area contributed by atoms with Gasteiger partial charge in [-0.3, -0.25) is 9.69 Å². The van der Waals surface area contributed by atoms with E-state index >= 15 is 0 Å². The number of carbonyl (C=O) groups is 1. The lowest BCUT2D eigenvalue weighted by Crippen LogP contribution is -2.48. The topological polar surface area (TPSA) is 69.7 Å². The van der Waals surface area contributed by atoms with Crippen LogP contribution in [0, 0.1) is 0 Å². The van der Waals surface area contributed by atoms with Gasteiger partial charge in [0, 0.05) is 38.3 Å². The van der Waals surface area contributed by atoms with E-state index in [4.69, 9.17) is 0 Å². The van der Waals surface area contributed by atoms with Gasteiger partial charge in [0.1, 0.15) is 0 Å². The number of sulfonamides is 1. The smallest absolute Gasteiger partial charge is 0.251 e. The molecular formula is C28H31N3O3S. The Kier molecular flexibility index (Phi) is 7.00. The monoisotopic (exact) mass is 489 g/mol.